The first-order chi connectivity index (χ1) is 11.3. The van der Waals surface area contributed by atoms with Crippen LogP contribution in [0.5, 0.6) is 0 Å². The summed E-state index contributed by atoms with van der Waals surface area (Å²) in [7, 11) is 0. The van der Waals surface area contributed by atoms with Crippen molar-refractivity contribution in [3.05, 3.63) is 35.9 Å². The van der Waals surface area contributed by atoms with Crippen molar-refractivity contribution in [3.8, 4) is 0 Å². The molecule has 1 aromatic carbocycles. The molecule has 1 atom stereocenters. The number of carbonyl (C=O) groups is 1. The van der Waals surface area contributed by atoms with E-state index in [0.29, 0.717) is 11.3 Å². The minimum absolute atomic E-state index is 0.159. The molecule has 0 aromatic heterocycles. The maximum absolute atomic E-state index is 12.6. The van der Waals surface area contributed by atoms with Crippen LogP contribution in [-0.4, -0.2) is 35.8 Å². The number of rotatable bonds is 2. The highest BCUT2D eigenvalue weighted by Crippen LogP contribution is 2.34. The molecule has 1 saturated heterocycles. The number of thioether (sulfide) groups is 1. The second-order valence-electron chi connectivity index (χ2n) is 6.68. The van der Waals surface area contributed by atoms with Crippen LogP contribution >= 0.6 is 11.8 Å². The highest BCUT2D eigenvalue weighted by atomic mass is 32.2. The lowest BCUT2D eigenvalue weighted by atomic mass is 10.1. The van der Waals surface area contributed by atoms with Gasteiger partial charge in [0.1, 0.15) is 0 Å². The van der Waals surface area contributed by atoms with Crippen LogP contribution < -0.4 is 5.32 Å². The van der Waals surface area contributed by atoms with Gasteiger partial charge in [0.05, 0.1) is 0 Å². The van der Waals surface area contributed by atoms with Crippen LogP contribution in [0.2, 0.25) is 0 Å². The van der Waals surface area contributed by atoms with Crippen molar-refractivity contribution in [2.75, 3.05) is 18.8 Å². The number of nitrogens with zero attached hydrogens (tertiary/aromatic N) is 1. The molecule has 4 heteroatoms. The highest BCUT2D eigenvalue weighted by molar-refractivity contribution is 7.99. The molecular formula is C19H28N2OS. The molecule has 1 aliphatic carbocycles. The van der Waals surface area contributed by atoms with Gasteiger partial charge in [-0.3, -0.25) is 0 Å². The molecule has 2 amide bonds. The van der Waals surface area contributed by atoms with E-state index < -0.39 is 0 Å². The van der Waals surface area contributed by atoms with E-state index in [1.54, 1.807) is 0 Å². The Morgan fingerprint density at radius 1 is 1.00 bits per heavy atom. The first kappa shape index (κ1) is 16.7. The Kier molecular flexibility index (Phi) is 6.26. The lowest BCUT2D eigenvalue weighted by Gasteiger charge is -2.24. The predicted molar refractivity (Wildman–Crippen MR) is 97.9 cm³/mol. The Morgan fingerprint density at radius 2 is 1.74 bits per heavy atom. The number of urea groups is 1. The molecule has 2 fully saturated rings. The predicted octanol–water partition coefficient (Wildman–Crippen LogP) is 4.60. The van der Waals surface area contributed by atoms with E-state index in [0.717, 1.165) is 38.1 Å². The van der Waals surface area contributed by atoms with E-state index in [4.69, 9.17) is 0 Å². The van der Waals surface area contributed by atoms with Gasteiger partial charge in [-0.2, -0.15) is 11.8 Å². The highest BCUT2D eigenvalue weighted by Gasteiger charge is 2.23. The van der Waals surface area contributed by atoms with Gasteiger partial charge in [0.15, 0.2) is 0 Å². The van der Waals surface area contributed by atoms with Crippen LogP contribution in [0.1, 0.15) is 55.8 Å². The summed E-state index contributed by atoms with van der Waals surface area (Å²) >= 11 is 1.99. The van der Waals surface area contributed by atoms with Crippen molar-refractivity contribution in [2.45, 2.75) is 56.2 Å². The van der Waals surface area contributed by atoms with Crippen molar-refractivity contribution >= 4 is 17.8 Å². The molecule has 126 valence electrons. The maximum atomic E-state index is 12.6. The monoisotopic (exact) mass is 332 g/mol. The molecule has 3 nitrogen and oxygen atoms in total. The fourth-order valence-electron chi connectivity index (χ4n) is 3.60. The van der Waals surface area contributed by atoms with Gasteiger partial charge < -0.3 is 10.2 Å². The molecule has 1 aliphatic heterocycles. The third-order valence-electron chi connectivity index (χ3n) is 4.98. The van der Waals surface area contributed by atoms with Crippen molar-refractivity contribution in [2.24, 2.45) is 0 Å². The molecule has 1 saturated carbocycles. The Hall–Kier alpha value is -1.16. The number of amides is 2. The third-order valence-corrected chi connectivity index (χ3v) is 6.31. The summed E-state index contributed by atoms with van der Waals surface area (Å²) in [6.45, 7) is 1.73. The van der Waals surface area contributed by atoms with Crippen molar-refractivity contribution in [1.29, 1.82) is 0 Å². The van der Waals surface area contributed by atoms with Crippen molar-refractivity contribution < 1.29 is 4.79 Å². The zero-order valence-electron chi connectivity index (χ0n) is 13.9. The lowest BCUT2D eigenvalue weighted by Crippen LogP contribution is -2.45. The van der Waals surface area contributed by atoms with Gasteiger partial charge in [0.2, 0.25) is 0 Å². The summed E-state index contributed by atoms with van der Waals surface area (Å²) in [6, 6.07) is 11.3. The van der Waals surface area contributed by atoms with Gasteiger partial charge in [0.25, 0.3) is 0 Å². The van der Waals surface area contributed by atoms with Crippen LogP contribution in [-0.2, 0) is 0 Å². The Morgan fingerprint density at radius 3 is 2.48 bits per heavy atom. The van der Waals surface area contributed by atoms with E-state index in [1.165, 1.54) is 31.2 Å². The SMILES string of the molecule is O=C(NC1CCCCCC1)N1CCSC(c2ccccc2)CC1. The molecule has 1 aromatic rings. The number of nitrogens with one attached hydrogen (secondary N) is 1. The van der Waals surface area contributed by atoms with E-state index >= 15 is 0 Å². The van der Waals surface area contributed by atoms with Crippen LogP contribution in [0.4, 0.5) is 4.79 Å². The van der Waals surface area contributed by atoms with Crippen molar-refractivity contribution in [1.82, 2.24) is 10.2 Å². The average molecular weight is 333 g/mol. The van der Waals surface area contributed by atoms with Gasteiger partial charge in [0, 0.05) is 30.1 Å². The van der Waals surface area contributed by atoms with Gasteiger partial charge in [-0.1, -0.05) is 56.0 Å². The molecule has 1 unspecified atom stereocenters. The van der Waals surface area contributed by atoms with Gasteiger partial charge in [-0.15, -0.1) is 0 Å². The van der Waals surface area contributed by atoms with Crippen LogP contribution in [0.25, 0.3) is 0 Å². The summed E-state index contributed by atoms with van der Waals surface area (Å²) in [6.07, 6.45) is 8.53. The van der Waals surface area contributed by atoms with E-state index in [1.807, 2.05) is 16.7 Å². The normalized spacial score (nSPS) is 23.8. The van der Waals surface area contributed by atoms with Gasteiger partial charge in [-0.05, 0) is 24.8 Å². The summed E-state index contributed by atoms with van der Waals surface area (Å²) in [5.41, 5.74) is 1.39. The zero-order valence-corrected chi connectivity index (χ0v) is 14.7. The fourth-order valence-corrected chi connectivity index (χ4v) is 4.83. The second-order valence-corrected chi connectivity index (χ2v) is 7.99. The van der Waals surface area contributed by atoms with E-state index in [9.17, 15) is 4.79 Å². The molecule has 0 radical (unpaired) electrons. The Balaban J connectivity index is 1.52. The minimum Gasteiger partial charge on any atom is -0.335 e. The number of carbonyl (C=O) groups excluding carboxylic acids is 1. The van der Waals surface area contributed by atoms with Gasteiger partial charge in [-0.25, -0.2) is 4.79 Å². The number of benzene rings is 1. The first-order valence-electron chi connectivity index (χ1n) is 9.05. The van der Waals surface area contributed by atoms with Gasteiger partial charge >= 0.3 is 6.03 Å². The Labute approximate surface area is 144 Å². The average Bonchev–Trinajstić information content (AvgIpc) is 2.98. The summed E-state index contributed by atoms with van der Waals surface area (Å²) in [5.74, 6) is 1.03. The number of hydrogen-bond acceptors (Lipinski definition) is 2. The van der Waals surface area contributed by atoms with E-state index in [2.05, 4.69) is 35.6 Å². The molecule has 2 aliphatic rings. The summed E-state index contributed by atoms with van der Waals surface area (Å²) in [4.78, 5) is 14.6. The fraction of sp³-hybridized carbons (Fsp3) is 0.632. The molecular weight excluding hydrogens is 304 g/mol. The standard InChI is InChI=1S/C19H28N2OS/c22-19(20-17-10-6-1-2-7-11-17)21-13-12-18(23-15-14-21)16-8-4-3-5-9-16/h3-5,8-9,17-18H,1-2,6-7,10-15H2,(H,20,22). The largest absolute Gasteiger partial charge is 0.335 e. The molecule has 23 heavy (non-hydrogen) atoms. The van der Waals surface area contributed by atoms with Crippen molar-refractivity contribution in [3.63, 3.8) is 0 Å². The van der Waals surface area contributed by atoms with Crippen LogP contribution in [0.15, 0.2) is 30.3 Å². The lowest BCUT2D eigenvalue weighted by molar-refractivity contribution is 0.195. The van der Waals surface area contributed by atoms with E-state index in [-0.39, 0.29) is 6.03 Å². The molecule has 0 bridgehead atoms. The third kappa shape index (κ3) is 4.90. The first-order valence-corrected chi connectivity index (χ1v) is 10.1. The second kappa shape index (κ2) is 8.62. The molecule has 1 heterocycles. The molecule has 1 N–H and O–H groups in total. The topological polar surface area (TPSA) is 32.3 Å². The quantitative estimate of drug-likeness (QED) is 0.803. The smallest absolute Gasteiger partial charge is 0.317 e. The maximum Gasteiger partial charge on any atom is 0.317 e. The summed E-state index contributed by atoms with van der Waals surface area (Å²) < 4.78 is 0. The Bertz CT molecular complexity index is 485. The minimum atomic E-state index is 0.159. The van der Waals surface area contributed by atoms with Crippen LogP contribution in [0.3, 0.4) is 0 Å². The van der Waals surface area contributed by atoms with Crippen LogP contribution in [0, 0.1) is 0 Å². The molecule has 3 rings (SSSR count). The zero-order chi connectivity index (χ0) is 15.9. The number of hydrogen-bond donors (Lipinski definition) is 1. The summed E-state index contributed by atoms with van der Waals surface area (Å²) in [5, 5.41) is 3.81. The molecule has 0 spiro atoms.